The number of carbonyl (C=O) groups is 1. The molecule has 7 heteroatoms. The molecule has 178 valence electrons. The minimum absolute atomic E-state index is 0.228. The topological polar surface area (TPSA) is 60.0 Å². The Bertz CT molecular complexity index is 1100. The maximum atomic E-state index is 13.0. The fourth-order valence-corrected chi connectivity index (χ4v) is 3.06. The van der Waals surface area contributed by atoms with E-state index in [-0.39, 0.29) is 11.7 Å². The summed E-state index contributed by atoms with van der Waals surface area (Å²) >= 11 is 0. The molecule has 0 atom stereocenters. The van der Waals surface area contributed by atoms with E-state index in [0.717, 1.165) is 16.9 Å². The van der Waals surface area contributed by atoms with E-state index in [4.69, 9.17) is 14.2 Å². The molecule has 0 saturated heterocycles. The number of nitrogens with one attached hydrogen (secondary N) is 1. The molecule has 3 aromatic carbocycles. The number of ether oxygens (including phenoxy) is 3. The normalized spacial score (nSPS) is 10.7. The summed E-state index contributed by atoms with van der Waals surface area (Å²) in [6.45, 7) is 2.95. The maximum absolute atomic E-state index is 13.0. The second-order valence-corrected chi connectivity index (χ2v) is 7.55. The van der Waals surface area contributed by atoms with Crippen LogP contribution in [0.25, 0.3) is 6.08 Å². The van der Waals surface area contributed by atoms with Gasteiger partial charge >= 0.3 is 0 Å². The van der Waals surface area contributed by atoms with Gasteiger partial charge < -0.3 is 24.4 Å². The van der Waals surface area contributed by atoms with Crippen molar-refractivity contribution in [1.82, 2.24) is 0 Å². The number of halogens is 1. The lowest BCUT2D eigenvalue weighted by Gasteiger charge is -2.13. The number of benzene rings is 3. The van der Waals surface area contributed by atoms with Crippen molar-refractivity contribution in [2.24, 2.45) is 0 Å². The van der Waals surface area contributed by atoms with Crippen molar-refractivity contribution in [3.8, 4) is 17.2 Å². The van der Waals surface area contributed by atoms with Crippen LogP contribution in [-0.2, 0) is 4.79 Å². The standard InChI is InChI=1S/C27H29FN2O4/c1-4-32-26-19-20(6-16-27(31)29-22-9-11-23(12-10-22)30(2)3)5-15-25(26)34-18-17-33-24-13-7-21(28)8-14-24/h5-16,19H,4,17-18H2,1-3H3,(H,29,31)/b16-6+. The van der Waals surface area contributed by atoms with E-state index in [2.05, 4.69) is 5.32 Å². The molecule has 0 radical (unpaired) electrons. The molecule has 0 bridgehead atoms. The quantitative estimate of drug-likeness (QED) is 0.304. The van der Waals surface area contributed by atoms with Crippen LogP contribution < -0.4 is 24.4 Å². The molecule has 3 aromatic rings. The zero-order valence-corrected chi connectivity index (χ0v) is 19.6. The molecular formula is C27H29FN2O4. The summed E-state index contributed by atoms with van der Waals surface area (Å²) in [6.07, 6.45) is 3.19. The SMILES string of the molecule is CCOc1cc(/C=C/C(=O)Nc2ccc(N(C)C)cc2)ccc1OCCOc1ccc(F)cc1. The zero-order chi connectivity index (χ0) is 24.3. The molecule has 0 aliphatic carbocycles. The smallest absolute Gasteiger partial charge is 0.248 e. The predicted octanol–water partition coefficient (Wildman–Crippen LogP) is 5.40. The first-order chi connectivity index (χ1) is 16.4. The number of hydrogen-bond donors (Lipinski definition) is 1. The van der Waals surface area contributed by atoms with Crippen LogP contribution in [0.1, 0.15) is 12.5 Å². The highest BCUT2D eigenvalue weighted by Crippen LogP contribution is 2.29. The second-order valence-electron chi connectivity index (χ2n) is 7.55. The van der Waals surface area contributed by atoms with Gasteiger partial charge in [-0.25, -0.2) is 4.39 Å². The number of carbonyl (C=O) groups excluding carboxylic acids is 1. The minimum Gasteiger partial charge on any atom is -0.490 e. The van der Waals surface area contributed by atoms with Crippen LogP contribution in [0, 0.1) is 5.82 Å². The molecule has 0 spiro atoms. The van der Waals surface area contributed by atoms with E-state index in [9.17, 15) is 9.18 Å². The summed E-state index contributed by atoms with van der Waals surface area (Å²) in [4.78, 5) is 14.3. The Labute approximate surface area is 199 Å². The van der Waals surface area contributed by atoms with Gasteiger partial charge in [-0.2, -0.15) is 0 Å². The summed E-state index contributed by atoms with van der Waals surface area (Å²) in [6, 6.07) is 18.9. The highest BCUT2D eigenvalue weighted by Gasteiger charge is 2.07. The van der Waals surface area contributed by atoms with Crippen LogP contribution in [0.5, 0.6) is 17.2 Å². The van der Waals surface area contributed by atoms with Gasteiger partial charge in [0.15, 0.2) is 11.5 Å². The fourth-order valence-electron chi connectivity index (χ4n) is 3.06. The second kappa shape index (κ2) is 12.3. The van der Waals surface area contributed by atoms with Gasteiger partial charge in [0.25, 0.3) is 0 Å². The van der Waals surface area contributed by atoms with Crippen molar-refractivity contribution in [3.05, 3.63) is 84.2 Å². The van der Waals surface area contributed by atoms with Gasteiger partial charge in [-0.3, -0.25) is 4.79 Å². The third kappa shape index (κ3) is 7.55. The summed E-state index contributed by atoms with van der Waals surface area (Å²) < 4.78 is 30.0. The summed E-state index contributed by atoms with van der Waals surface area (Å²) in [5.41, 5.74) is 2.58. The van der Waals surface area contributed by atoms with E-state index >= 15 is 0 Å². The van der Waals surface area contributed by atoms with E-state index in [1.165, 1.54) is 18.2 Å². The third-order valence-electron chi connectivity index (χ3n) is 4.77. The molecule has 1 N–H and O–H groups in total. The Morgan fingerprint density at radius 1 is 0.912 bits per heavy atom. The molecule has 0 heterocycles. The number of hydrogen-bond acceptors (Lipinski definition) is 5. The zero-order valence-electron chi connectivity index (χ0n) is 19.6. The lowest BCUT2D eigenvalue weighted by Crippen LogP contribution is -2.10. The number of amides is 1. The van der Waals surface area contributed by atoms with Crippen LogP contribution >= 0.6 is 0 Å². The first-order valence-corrected chi connectivity index (χ1v) is 11.0. The van der Waals surface area contributed by atoms with Gasteiger partial charge in [-0.15, -0.1) is 0 Å². The van der Waals surface area contributed by atoms with Crippen LogP contribution in [0.15, 0.2) is 72.8 Å². The Kier molecular flexibility index (Phi) is 8.91. The minimum atomic E-state index is -0.310. The fraction of sp³-hybridized carbons (Fsp3) is 0.222. The Balaban J connectivity index is 1.55. The summed E-state index contributed by atoms with van der Waals surface area (Å²) in [5.74, 6) is 1.18. The van der Waals surface area contributed by atoms with Gasteiger partial charge in [0.05, 0.1) is 6.61 Å². The van der Waals surface area contributed by atoms with Gasteiger partial charge in [-0.1, -0.05) is 6.07 Å². The van der Waals surface area contributed by atoms with Gasteiger partial charge in [0, 0.05) is 31.5 Å². The van der Waals surface area contributed by atoms with Crippen molar-refractivity contribution < 1.29 is 23.4 Å². The molecule has 0 fully saturated rings. The average molecular weight is 465 g/mol. The van der Waals surface area contributed by atoms with Crippen molar-refractivity contribution in [1.29, 1.82) is 0 Å². The molecule has 34 heavy (non-hydrogen) atoms. The molecule has 0 saturated carbocycles. The number of rotatable bonds is 11. The van der Waals surface area contributed by atoms with E-state index in [1.807, 2.05) is 62.3 Å². The Hall–Kier alpha value is -4.00. The lowest BCUT2D eigenvalue weighted by atomic mass is 10.2. The molecule has 0 aliphatic heterocycles. The Morgan fingerprint density at radius 2 is 1.62 bits per heavy atom. The molecule has 6 nitrogen and oxygen atoms in total. The van der Waals surface area contributed by atoms with Gasteiger partial charge in [-0.05, 0) is 79.2 Å². The third-order valence-corrected chi connectivity index (χ3v) is 4.77. The first-order valence-electron chi connectivity index (χ1n) is 11.0. The van der Waals surface area contributed by atoms with Crippen molar-refractivity contribution in [2.75, 3.05) is 44.1 Å². The number of anilines is 2. The van der Waals surface area contributed by atoms with Gasteiger partial charge in [0.2, 0.25) is 5.91 Å². The summed E-state index contributed by atoms with van der Waals surface area (Å²) in [7, 11) is 3.93. The van der Waals surface area contributed by atoms with Crippen LogP contribution in [0.2, 0.25) is 0 Å². The average Bonchev–Trinajstić information content (AvgIpc) is 2.83. The van der Waals surface area contributed by atoms with E-state index < -0.39 is 0 Å². The largest absolute Gasteiger partial charge is 0.490 e. The highest BCUT2D eigenvalue weighted by atomic mass is 19.1. The Morgan fingerprint density at radius 3 is 2.29 bits per heavy atom. The van der Waals surface area contributed by atoms with Gasteiger partial charge in [0.1, 0.15) is 24.8 Å². The summed E-state index contributed by atoms with van der Waals surface area (Å²) in [5, 5.41) is 2.85. The lowest BCUT2D eigenvalue weighted by molar-refractivity contribution is -0.111. The number of nitrogens with zero attached hydrogens (tertiary/aromatic N) is 1. The predicted molar refractivity (Wildman–Crippen MR) is 133 cm³/mol. The maximum Gasteiger partial charge on any atom is 0.248 e. The molecule has 0 unspecified atom stereocenters. The van der Waals surface area contributed by atoms with Crippen molar-refractivity contribution >= 4 is 23.4 Å². The molecular weight excluding hydrogens is 435 g/mol. The van der Waals surface area contributed by atoms with Crippen molar-refractivity contribution in [2.45, 2.75) is 6.92 Å². The van der Waals surface area contributed by atoms with Crippen LogP contribution in [-0.4, -0.2) is 39.8 Å². The van der Waals surface area contributed by atoms with Crippen LogP contribution in [0.3, 0.4) is 0 Å². The molecule has 0 aliphatic rings. The monoisotopic (exact) mass is 464 g/mol. The van der Waals surface area contributed by atoms with E-state index in [0.29, 0.717) is 37.1 Å². The molecule has 3 rings (SSSR count). The highest BCUT2D eigenvalue weighted by molar-refractivity contribution is 6.02. The van der Waals surface area contributed by atoms with E-state index in [1.54, 1.807) is 24.3 Å². The van der Waals surface area contributed by atoms with Crippen LogP contribution in [0.4, 0.5) is 15.8 Å². The van der Waals surface area contributed by atoms with Crippen molar-refractivity contribution in [3.63, 3.8) is 0 Å². The first kappa shape index (κ1) is 24.6. The molecule has 1 amide bonds. The molecule has 0 aromatic heterocycles.